The summed E-state index contributed by atoms with van der Waals surface area (Å²) in [4.78, 5) is 14.5. The summed E-state index contributed by atoms with van der Waals surface area (Å²) in [6.07, 6.45) is 1.79. The number of aromatic nitrogens is 2. The van der Waals surface area contributed by atoms with Gasteiger partial charge < -0.3 is 15.1 Å². The molecule has 0 radical (unpaired) electrons. The Kier molecular flexibility index (Phi) is 8.21. The van der Waals surface area contributed by atoms with E-state index in [1.807, 2.05) is 25.1 Å². The molecule has 29 heavy (non-hydrogen) atoms. The van der Waals surface area contributed by atoms with Crippen molar-refractivity contribution in [3.05, 3.63) is 58.8 Å². The lowest BCUT2D eigenvalue weighted by molar-refractivity contribution is 0.379. The van der Waals surface area contributed by atoms with Crippen LogP contribution in [-0.2, 0) is 18.5 Å². The van der Waals surface area contributed by atoms with Crippen molar-refractivity contribution in [2.24, 2.45) is 4.99 Å². The predicted octanol–water partition coefficient (Wildman–Crippen LogP) is 4.89. The van der Waals surface area contributed by atoms with Crippen LogP contribution in [0.1, 0.15) is 43.0 Å². The molecule has 6 nitrogen and oxygen atoms in total. The highest BCUT2D eigenvalue weighted by atomic mass is 127. The quantitative estimate of drug-likeness (QED) is 0.282. The number of benzene rings is 1. The Morgan fingerprint density at radius 1 is 1.14 bits per heavy atom. The maximum atomic E-state index is 5.81. The molecular formula is C21H28IN5OS. The molecule has 0 atom stereocenters. The van der Waals surface area contributed by atoms with E-state index in [-0.39, 0.29) is 29.4 Å². The predicted molar refractivity (Wildman–Crippen MR) is 130 cm³/mol. The Hall–Kier alpha value is -1.94. The van der Waals surface area contributed by atoms with Crippen molar-refractivity contribution in [2.45, 2.75) is 46.2 Å². The number of aliphatic imine (C=N–C) groups is 1. The maximum absolute atomic E-state index is 5.81. The van der Waals surface area contributed by atoms with Gasteiger partial charge in [-0.25, -0.2) is 9.97 Å². The van der Waals surface area contributed by atoms with Crippen LogP contribution >= 0.6 is 35.3 Å². The highest BCUT2D eigenvalue weighted by Crippen LogP contribution is 2.27. The third kappa shape index (κ3) is 6.27. The van der Waals surface area contributed by atoms with Gasteiger partial charge in [-0.2, -0.15) is 0 Å². The van der Waals surface area contributed by atoms with Gasteiger partial charge in [-0.1, -0.05) is 51.1 Å². The molecule has 0 saturated carbocycles. The van der Waals surface area contributed by atoms with Gasteiger partial charge in [0.2, 0.25) is 5.89 Å². The molecule has 1 aromatic carbocycles. The van der Waals surface area contributed by atoms with Gasteiger partial charge in [0, 0.05) is 22.9 Å². The molecule has 0 saturated heterocycles. The Balaban J connectivity index is 0.00000300. The van der Waals surface area contributed by atoms with Crippen LogP contribution in [0.5, 0.6) is 0 Å². The molecule has 0 aliphatic carbocycles. The molecule has 0 amide bonds. The van der Waals surface area contributed by atoms with E-state index >= 15 is 0 Å². The van der Waals surface area contributed by atoms with Gasteiger partial charge in [-0.05, 0) is 6.92 Å². The average Bonchev–Trinajstić information content (AvgIpc) is 3.29. The fourth-order valence-corrected chi connectivity index (χ4v) is 3.59. The van der Waals surface area contributed by atoms with E-state index in [9.17, 15) is 0 Å². The third-order valence-corrected chi connectivity index (χ3v) is 5.46. The molecule has 156 valence electrons. The second-order valence-electron chi connectivity index (χ2n) is 7.54. The summed E-state index contributed by atoms with van der Waals surface area (Å²) < 4.78 is 5.81. The number of halogens is 1. The van der Waals surface area contributed by atoms with Gasteiger partial charge in [0.15, 0.2) is 5.96 Å². The fourth-order valence-electron chi connectivity index (χ4n) is 2.58. The zero-order valence-electron chi connectivity index (χ0n) is 17.4. The van der Waals surface area contributed by atoms with Crippen LogP contribution in [0.3, 0.4) is 0 Å². The molecule has 2 heterocycles. The van der Waals surface area contributed by atoms with Crippen LogP contribution in [0.2, 0.25) is 0 Å². The van der Waals surface area contributed by atoms with Crippen LogP contribution < -0.4 is 10.6 Å². The molecule has 0 aliphatic rings. The lowest BCUT2D eigenvalue weighted by Gasteiger charge is -2.13. The molecule has 2 aromatic heterocycles. The first-order chi connectivity index (χ1) is 13.4. The maximum Gasteiger partial charge on any atom is 0.213 e. The molecule has 8 heteroatoms. The lowest BCUT2D eigenvalue weighted by atomic mass is 9.94. The summed E-state index contributed by atoms with van der Waals surface area (Å²) in [7, 11) is 1.75. The topological polar surface area (TPSA) is 75.3 Å². The number of oxazole rings is 1. The number of nitrogens with one attached hydrogen (secondary N) is 2. The first-order valence-electron chi connectivity index (χ1n) is 9.28. The molecule has 0 unspecified atom stereocenters. The second-order valence-corrected chi connectivity index (χ2v) is 8.62. The Morgan fingerprint density at radius 3 is 2.45 bits per heavy atom. The summed E-state index contributed by atoms with van der Waals surface area (Å²) in [6, 6.07) is 10.2. The average molecular weight is 525 g/mol. The van der Waals surface area contributed by atoms with Gasteiger partial charge in [0.1, 0.15) is 10.8 Å². The molecule has 0 bridgehead atoms. The number of hydrogen-bond acceptors (Lipinski definition) is 5. The summed E-state index contributed by atoms with van der Waals surface area (Å²) in [5.74, 6) is 2.22. The standard InChI is InChI=1S/C21H27N5OS.HI/c1-14-16(28-19(26-14)15-9-7-6-8-10-15)11-24-20(22-5)25-13-18-23-12-17(27-18)21(2,3)4;/h6-10,12H,11,13H2,1-5H3,(H2,22,24,25);1H. The van der Waals surface area contributed by atoms with Crippen LogP contribution in [0.4, 0.5) is 0 Å². The number of rotatable bonds is 5. The first-order valence-corrected chi connectivity index (χ1v) is 10.1. The van der Waals surface area contributed by atoms with E-state index in [2.05, 4.69) is 53.5 Å². The van der Waals surface area contributed by atoms with Crippen molar-refractivity contribution < 1.29 is 4.42 Å². The minimum atomic E-state index is -0.0503. The third-order valence-electron chi connectivity index (χ3n) is 4.25. The molecule has 3 rings (SSSR count). The Bertz CT molecular complexity index is 944. The Morgan fingerprint density at radius 2 is 1.83 bits per heavy atom. The normalized spacial score (nSPS) is 11.8. The number of nitrogens with zero attached hydrogens (tertiary/aromatic N) is 3. The lowest BCUT2D eigenvalue weighted by Crippen LogP contribution is -2.36. The number of aryl methyl sites for hydroxylation is 1. The summed E-state index contributed by atoms with van der Waals surface area (Å²) in [5, 5.41) is 7.62. The highest BCUT2D eigenvalue weighted by Gasteiger charge is 2.19. The van der Waals surface area contributed by atoms with Crippen LogP contribution in [0.15, 0.2) is 45.9 Å². The van der Waals surface area contributed by atoms with Gasteiger partial charge in [0.25, 0.3) is 0 Å². The zero-order valence-corrected chi connectivity index (χ0v) is 20.6. The van der Waals surface area contributed by atoms with E-state index in [4.69, 9.17) is 9.40 Å². The molecule has 0 spiro atoms. The minimum absolute atomic E-state index is 0. The monoisotopic (exact) mass is 525 g/mol. The molecule has 0 fully saturated rings. The largest absolute Gasteiger partial charge is 0.443 e. The minimum Gasteiger partial charge on any atom is -0.443 e. The first kappa shape index (κ1) is 23.3. The van der Waals surface area contributed by atoms with Crippen molar-refractivity contribution >= 4 is 41.3 Å². The molecule has 0 aliphatic heterocycles. The summed E-state index contributed by atoms with van der Waals surface area (Å²) in [6.45, 7) is 9.49. The zero-order chi connectivity index (χ0) is 20.1. The SMILES string of the molecule is CN=C(NCc1ncc(C(C)(C)C)o1)NCc1sc(-c2ccccc2)nc1C.I. The molecule has 2 N–H and O–H groups in total. The summed E-state index contributed by atoms with van der Waals surface area (Å²) >= 11 is 1.70. The number of thiazole rings is 1. The highest BCUT2D eigenvalue weighted by molar-refractivity contribution is 14.0. The van der Waals surface area contributed by atoms with Gasteiger partial charge in [-0.3, -0.25) is 4.99 Å². The number of guanidine groups is 1. The van der Waals surface area contributed by atoms with E-state index in [0.717, 1.165) is 22.0 Å². The van der Waals surface area contributed by atoms with Gasteiger partial charge in [-0.15, -0.1) is 35.3 Å². The van der Waals surface area contributed by atoms with Crippen molar-refractivity contribution in [3.8, 4) is 10.6 Å². The van der Waals surface area contributed by atoms with Crippen molar-refractivity contribution in [1.29, 1.82) is 0 Å². The Labute approximate surface area is 193 Å². The summed E-state index contributed by atoms with van der Waals surface area (Å²) in [5.41, 5.74) is 2.13. The smallest absolute Gasteiger partial charge is 0.213 e. The van der Waals surface area contributed by atoms with Crippen LogP contribution in [-0.4, -0.2) is 23.0 Å². The van der Waals surface area contributed by atoms with E-state index in [1.165, 1.54) is 4.88 Å². The van der Waals surface area contributed by atoms with Crippen LogP contribution in [0.25, 0.3) is 10.6 Å². The van der Waals surface area contributed by atoms with Gasteiger partial charge in [0.05, 0.1) is 25.0 Å². The van der Waals surface area contributed by atoms with Crippen molar-refractivity contribution in [1.82, 2.24) is 20.6 Å². The van der Waals surface area contributed by atoms with Crippen LogP contribution in [0, 0.1) is 6.92 Å². The number of hydrogen-bond donors (Lipinski definition) is 2. The van der Waals surface area contributed by atoms with Gasteiger partial charge >= 0.3 is 0 Å². The second kappa shape index (κ2) is 10.2. The van der Waals surface area contributed by atoms with E-state index < -0.39 is 0 Å². The van der Waals surface area contributed by atoms with Crippen molar-refractivity contribution in [3.63, 3.8) is 0 Å². The fraction of sp³-hybridized carbons (Fsp3) is 0.381. The van der Waals surface area contributed by atoms with E-state index in [0.29, 0.717) is 24.9 Å². The van der Waals surface area contributed by atoms with E-state index in [1.54, 1.807) is 24.6 Å². The molecule has 3 aromatic rings. The molecular weight excluding hydrogens is 497 g/mol. The van der Waals surface area contributed by atoms with Crippen molar-refractivity contribution in [2.75, 3.05) is 7.05 Å².